The molecule has 1 rings (SSSR count). The Bertz CT molecular complexity index is 349. The molecule has 0 aromatic heterocycles. The highest BCUT2D eigenvalue weighted by atomic mass is 79.9. The van der Waals surface area contributed by atoms with Crippen LogP contribution in [0.25, 0.3) is 0 Å². The summed E-state index contributed by atoms with van der Waals surface area (Å²) in [5.41, 5.74) is 1.16. The van der Waals surface area contributed by atoms with E-state index in [0.29, 0.717) is 10.0 Å². The van der Waals surface area contributed by atoms with Crippen LogP contribution in [0.3, 0.4) is 0 Å². The summed E-state index contributed by atoms with van der Waals surface area (Å²) in [5.74, 6) is 0. The molecule has 0 atom stereocenters. The molecule has 0 amide bonds. The molecule has 1 aromatic rings. The number of methoxy groups -OCH3 is 1. The first-order valence-corrected chi connectivity index (χ1v) is 7.26. The lowest BCUT2D eigenvalue weighted by molar-refractivity contribution is 0.148. The number of halogens is 3. The molecule has 0 spiro atoms. The molecule has 0 bridgehead atoms. The Morgan fingerprint density at radius 3 is 2.59 bits per heavy atom. The molecule has 1 aromatic carbocycles. The van der Waals surface area contributed by atoms with Gasteiger partial charge in [0.05, 0.1) is 16.7 Å². The predicted octanol–water partition coefficient (Wildman–Crippen LogP) is 3.84. The second-order valence-electron chi connectivity index (χ2n) is 3.71. The van der Waals surface area contributed by atoms with Crippen molar-refractivity contribution in [2.75, 3.05) is 32.1 Å². The van der Waals surface area contributed by atoms with E-state index < -0.39 is 0 Å². The van der Waals surface area contributed by atoms with Crippen molar-refractivity contribution in [1.82, 2.24) is 4.90 Å². The molecule has 0 saturated heterocycles. The zero-order valence-electron chi connectivity index (χ0n) is 9.76. The molecule has 0 saturated carbocycles. The summed E-state index contributed by atoms with van der Waals surface area (Å²) < 4.78 is 5.10. The molecule has 0 heterocycles. The molecule has 0 unspecified atom stereocenters. The van der Waals surface area contributed by atoms with Gasteiger partial charge in [0, 0.05) is 32.1 Å². The first kappa shape index (κ1) is 15.3. The van der Waals surface area contributed by atoms with Crippen LogP contribution in [-0.2, 0) is 11.3 Å². The van der Waals surface area contributed by atoms with Gasteiger partial charge in [-0.15, -0.1) is 0 Å². The number of hydrogen-bond acceptors (Lipinski definition) is 2. The third-order valence-corrected chi connectivity index (χ3v) is 3.50. The largest absolute Gasteiger partial charge is 0.383 e. The van der Waals surface area contributed by atoms with Gasteiger partial charge in [-0.3, -0.25) is 4.90 Å². The maximum Gasteiger partial charge on any atom is 0.0595 e. The van der Waals surface area contributed by atoms with Crippen LogP contribution in [0.5, 0.6) is 0 Å². The van der Waals surface area contributed by atoms with Crippen molar-refractivity contribution in [3.05, 3.63) is 33.8 Å². The van der Waals surface area contributed by atoms with Gasteiger partial charge in [-0.05, 0) is 17.7 Å². The summed E-state index contributed by atoms with van der Waals surface area (Å²) in [6.45, 7) is 3.46. The molecule has 0 N–H and O–H groups in total. The van der Waals surface area contributed by atoms with Gasteiger partial charge in [-0.1, -0.05) is 45.2 Å². The zero-order chi connectivity index (χ0) is 12.7. The van der Waals surface area contributed by atoms with E-state index in [4.69, 9.17) is 27.9 Å². The number of benzene rings is 1. The van der Waals surface area contributed by atoms with E-state index in [-0.39, 0.29) is 0 Å². The highest BCUT2D eigenvalue weighted by Crippen LogP contribution is 2.23. The maximum atomic E-state index is 5.99. The van der Waals surface area contributed by atoms with Gasteiger partial charge in [0.2, 0.25) is 0 Å². The van der Waals surface area contributed by atoms with Gasteiger partial charge in [-0.2, -0.15) is 0 Å². The first-order valence-electron chi connectivity index (χ1n) is 5.38. The molecule has 0 aliphatic rings. The monoisotopic (exact) mass is 339 g/mol. The van der Waals surface area contributed by atoms with Gasteiger partial charge < -0.3 is 4.74 Å². The summed E-state index contributed by atoms with van der Waals surface area (Å²) in [5, 5.41) is 2.15. The molecule has 17 heavy (non-hydrogen) atoms. The molecule has 5 heteroatoms. The van der Waals surface area contributed by atoms with Crippen molar-refractivity contribution in [3.63, 3.8) is 0 Å². The minimum absolute atomic E-state index is 0.597. The summed E-state index contributed by atoms with van der Waals surface area (Å²) in [7, 11) is 1.71. The molecular formula is C12H16BrCl2NO. The van der Waals surface area contributed by atoms with Crippen molar-refractivity contribution in [1.29, 1.82) is 0 Å². The minimum Gasteiger partial charge on any atom is -0.383 e. The topological polar surface area (TPSA) is 12.5 Å². The maximum absolute atomic E-state index is 5.99. The van der Waals surface area contributed by atoms with Gasteiger partial charge in [0.1, 0.15) is 0 Å². The number of ether oxygens (including phenoxy) is 1. The van der Waals surface area contributed by atoms with Crippen LogP contribution >= 0.6 is 39.1 Å². The van der Waals surface area contributed by atoms with Crippen LogP contribution in [0, 0.1) is 0 Å². The van der Waals surface area contributed by atoms with Crippen LogP contribution in [0.2, 0.25) is 10.0 Å². The molecular weight excluding hydrogens is 325 g/mol. The number of hydrogen-bond donors (Lipinski definition) is 0. The van der Waals surface area contributed by atoms with Gasteiger partial charge in [0.25, 0.3) is 0 Å². The fraction of sp³-hybridized carbons (Fsp3) is 0.500. The molecule has 2 nitrogen and oxygen atoms in total. The number of rotatable bonds is 7. The fourth-order valence-electron chi connectivity index (χ4n) is 1.51. The SMILES string of the molecule is COCCN(CCBr)Cc1ccc(Cl)c(Cl)c1. The fourth-order valence-corrected chi connectivity index (χ4v) is 2.33. The van der Waals surface area contributed by atoms with Crippen LogP contribution in [0.1, 0.15) is 5.56 Å². The summed E-state index contributed by atoms with van der Waals surface area (Å²) in [6.07, 6.45) is 0. The molecule has 96 valence electrons. The summed E-state index contributed by atoms with van der Waals surface area (Å²) in [6, 6.07) is 5.75. The van der Waals surface area contributed by atoms with Crippen LogP contribution in [0.15, 0.2) is 18.2 Å². The standard InChI is InChI=1S/C12H16BrCl2NO/c1-17-7-6-16(5-4-13)9-10-2-3-11(14)12(15)8-10/h2-3,8H,4-7,9H2,1H3. The Kier molecular flexibility index (Phi) is 7.47. The van der Waals surface area contributed by atoms with Crippen molar-refractivity contribution >= 4 is 39.1 Å². The third-order valence-electron chi connectivity index (χ3n) is 2.40. The first-order chi connectivity index (χ1) is 8.17. The molecule has 0 radical (unpaired) electrons. The molecule has 0 aliphatic heterocycles. The second kappa shape index (κ2) is 8.33. The van der Waals surface area contributed by atoms with E-state index in [1.807, 2.05) is 18.2 Å². The van der Waals surface area contributed by atoms with E-state index in [2.05, 4.69) is 20.8 Å². The van der Waals surface area contributed by atoms with E-state index in [1.54, 1.807) is 7.11 Å². The predicted molar refractivity (Wildman–Crippen MR) is 77.4 cm³/mol. The normalized spacial score (nSPS) is 11.1. The Morgan fingerprint density at radius 1 is 1.24 bits per heavy atom. The van der Waals surface area contributed by atoms with E-state index in [1.165, 1.54) is 0 Å². The average molecular weight is 341 g/mol. The highest BCUT2D eigenvalue weighted by molar-refractivity contribution is 9.09. The number of nitrogens with zero attached hydrogens (tertiary/aromatic N) is 1. The minimum atomic E-state index is 0.597. The van der Waals surface area contributed by atoms with Crippen molar-refractivity contribution in [2.24, 2.45) is 0 Å². The third kappa shape index (κ3) is 5.58. The van der Waals surface area contributed by atoms with Crippen LogP contribution in [-0.4, -0.2) is 37.0 Å². The quantitative estimate of drug-likeness (QED) is 0.699. The zero-order valence-corrected chi connectivity index (χ0v) is 12.9. The van der Waals surface area contributed by atoms with Crippen molar-refractivity contribution in [3.8, 4) is 0 Å². The smallest absolute Gasteiger partial charge is 0.0595 e. The Hall–Kier alpha value is 0.200. The number of alkyl halides is 1. The molecule has 0 fully saturated rings. The summed E-state index contributed by atoms with van der Waals surface area (Å²) >= 11 is 15.3. The van der Waals surface area contributed by atoms with Gasteiger partial charge >= 0.3 is 0 Å². The lowest BCUT2D eigenvalue weighted by atomic mass is 10.2. The summed E-state index contributed by atoms with van der Waals surface area (Å²) in [4.78, 5) is 2.30. The van der Waals surface area contributed by atoms with Crippen LogP contribution in [0.4, 0.5) is 0 Å². The Balaban J connectivity index is 2.61. The lowest BCUT2D eigenvalue weighted by Gasteiger charge is -2.21. The van der Waals surface area contributed by atoms with E-state index in [0.717, 1.165) is 37.1 Å². The second-order valence-corrected chi connectivity index (χ2v) is 5.31. The van der Waals surface area contributed by atoms with Gasteiger partial charge in [-0.25, -0.2) is 0 Å². The van der Waals surface area contributed by atoms with Crippen molar-refractivity contribution in [2.45, 2.75) is 6.54 Å². The molecule has 0 aliphatic carbocycles. The average Bonchev–Trinajstić information content (AvgIpc) is 2.31. The van der Waals surface area contributed by atoms with Crippen LogP contribution < -0.4 is 0 Å². The highest BCUT2D eigenvalue weighted by Gasteiger charge is 2.06. The Morgan fingerprint density at radius 2 is 2.00 bits per heavy atom. The van der Waals surface area contributed by atoms with Crippen molar-refractivity contribution < 1.29 is 4.74 Å². The lowest BCUT2D eigenvalue weighted by Crippen LogP contribution is -2.28. The van der Waals surface area contributed by atoms with E-state index in [9.17, 15) is 0 Å². The Labute approximate surface area is 121 Å². The van der Waals surface area contributed by atoms with E-state index >= 15 is 0 Å². The van der Waals surface area contributed by atoms with Gasteiger partial charge in [0.15, 0.2) is 0 Å².